The van der Waals surface area contributed by atoms with Crippen LogP contribution in [0.2, 0.25) is 0 Å². The number of ether oxygens (including phenoxy) is 1. The predicted molar refractivity (Wildman–Crippen MR) is 147 cm³/mol. The molecule has 1 saturated heterocycles. The zero-order valence-electron chi connectivity index (χ0n) is 22.0. The Morgan fingerprint density at radius 3 is 2.20 bits per heavy atom. The molecule has 0 radical (unpaired) electrons. The van der Waals surface area contributed by atoms with Crippen molar-refractivity contribution < 1.29 is 27.5 Å². The lowest BCUT2D eigenvalue weighted by atomic mass is 9.98. The van der Waals surface area contributed by atoms with Gasteiger partial charge in [0.15, 0.2) is 0 Å². The Morgan fingerprint density at radius 1 is 0.878 bits per heavy atom. The van der Waals surface area contributed by atoms with Gasteiger partial charge in [0.05, 0.1) is 5.56 Å². The van der Waals surface area contributed by atoms with Gasteiger partial charge < -0.3 is 15.4 Å². The van der Waals surface area contributed by atoms with Crippen LogP contribution >= 0.6 is 0 Å². The lowest BCUT2D eigenvalue weighted by molar-refractivity contribution is -0.137. The van der Waals surface area contributed by atoms with E-state index in [1.54, 1.807) is 24.3 Å². The summed E-state index contributed by atoms with van der Waals surface area (Å²) in [6.45, 7) is 3.74. The summed E-state index contributed by atoms with van der Waals surface area (Å²) < 4.78 is 45.4. The highest BCUT2D eigenvalue weighted by atomic mass is 19.4. The number of nitrogens with two attached hydrogens (primary N) is 1. The average molecular weight is 561 g/mol. The van der Waals surface area contributed by atoms with Crippen LogP contribution in [0.4, 0.5) is 13.2 Å². The van der Waals surface area contributed by atoms with Crippen LogP contribution in [-0.2, 0) is 12.7 Å². The van der Waals surface area contributed by atoms with Crippen molar-refractivity contribution in [2.75, 3.05) is 26.2 Å². The van der Waals surface area contributed by atoms with Gasteiger partial charge in [-0.15, -0.1) is 0 Å². The number of carbonyl (C=O) groups excluding carboxylic acids is 2. The van der Waals surface area contributed by atoms with Crippen molar-refractivity contribution in [3.63, 3.8) is 0 Å². The number of piperazine rings is 1. The second-order valence-electron chi connectivity index (χ2n) is 9.69. The van der Waals surface area contributed by atoms with E-state index in [4.69, 9.17) is 10.5 Å². The highest BCUT2D eigenvalue weighted by Gasteiger charge is 2.31. The standard InChI is InChI=1S/C31H27F3N4O3/c32-31(33,34)24-9-12-26(29(35)39)27(18-24)23-8-13-28(36-19-23)41-25-10-6-22(7-11-25)30(40)38-16-14-37(15-17-38)20-21-4-2-1-3-5-21/h1-13,18-19H,14-17,20H2,(H2,35,39). The molecule has 210 valence electrons. The fourth-order valence-corrected chi connectivity index (χ4v) is 4.69. The number of primary amides is 1. The van der Waals surface area contributed by atoms with Gasteiger partial charge in [-0.1, -0.05) is 30.3 Å². The Labute approximate surface area is 235 Å². The van der Waals surface area contributed by atoms with Gasteiger partial charge in [-0.3, -0.25) is 14.5 Å². The van der Waals surface area contributed by atoms with Crippen LogP contribution in [0.3, 0.4) is 0 Å². The number of benzene rings is 3. The molecule has 0 bridgehead atoms. The first-order valence-electron chi connectivity index (χ1n) is 13.0. The third kappa shape index (κ3) is 6.72. The zero-order valence-corrected chi connectivity index (χ0v) is 22.0. The molecular weight excluding hydrogens is 533 g/mol. The van der Waals surface area contributed by atoms with E-state index < -0.39 is 17.6 Å². The maximum atomic E-state index is 13.2. The van der Waals surface area contributed by atoms with Gasteiger partial charge in [-0.05, 0) is 59.7 Å². The maximum absolute atomic E-state index is 13.2. The first-order chi connectivity index (χ1) is 19.7. The molecule has 1 aromatic heterocycles. The Bertz CT molecular complexity index is 1520. The molecular formula is C31H27F3N4O3. The molecule has 1 fully saturated rings. The molecule has 2 amide bonds. The van der Waals surface area contributed by atoms with E-state index in [0.717, 1.165) is 37.8 Å². The molecule has 0 unspecified atom stereocenters. The summed E-state index contributed by atoms with van der Waals surface area (Å²) in [4.78, 5) is 33.2. The van der Waals surface area contributed by atoms with E-state index in [1.807, 2.05) is 23.1 Å². The lowest BCUT2D eigenvalue weighted by Gasteiger charge is -2.34. The van der Waals surface area contributed by atoms with Crippen LogP contribution in [0, 0.1) is 0 Å². The second kappa shape index (κ2) is 11.8. The molecule has 0 atom stereocenters. The molecule has 0 saturated carbocycles. The van der Waals surface area contributed by atoms with Crippen molar-refractivity contribution in [2.45, 2.75) is 12.7 Å². The molecule has 7 nitrogen and oxygen atoms in total. The Balaban J connectivity index is 1.20. The molecule has 5 rings (SSSR count). The minimum Gasteiger partial charge on any atom is -0.439 e. The third-order valence-electron chi connectivity index (χ3n) is 6.89. The van der Waals surface area contributed by atoms with Crippen LogP contribution in [0.5, 0.6) is 11.6 Å². The van der Waals surface area contributed by atoms with Crippen molar-refractivity contribution in [3.05, 3.63) is 113 Å². The van der Waals surface area contributed by atoms with Crippen LogP contribution in [0.25, 0.3) is 11.1 Å². The van der Waals surface area contributed by atoms with Crippen molar-refractivity contribution in [3.8, 4) is 22.8 Å². The summed E-state index contributed by atoms with van der Waals surface area (Å²) in [5, 5.41) is 0. The SMILES string of the molecule is NC(=O)c1ccc(C(F)(F)F)cc1-c1ccc(Oc2ccc(C(=O)N3CCN(Cc4ccccc4)CC3)cc2)nc1. The van der Waals surface area contributed by atoms with E-state index in [0.29, 0.717) is 24.4 Å². The largest absolute Gasteiger partial charge is 0.439 e. The van der Waals surface area contributed by atoms with Crippen molar-refractivity contribution in [1.82, 2.24) is 14.8 Å². The summed E-state index contributed by atoms with van der Waals surface area (Å²) in [5.74, 6) is -0.274. The monoisotopic (exact) mass is 560 g/mol. The van der Waals surface area contributed by atoms with Crippen LogP contribution < -0.4 is 10.5 Å². The normalized spacial score (nSPS) is 14.1. The summed E-state index contributed by atoms with van der Waals surface area (Å²) in [6, 6.07) is 22.6. The van der Waals surface area contributed by atoms with Gasteiger partial charge in [-0.25, -0.2) is 4.98 Å². The topological polar surface area (TPSA) is 88.8 Å². The number of halogens is 3. The first-order valence-corrected chi connectivity index (χ1v) is 13.0. The predicted octanol–water partition coefficient (Wildman–Crippen LogP) is 5.62. The van der Waals surface area contributed by atoms with Gasteiger partial charge in [0.25, 0.3) is 5.91 Å². The molecule has 10 heteroatoms. The molecule has 2 heterocycles. The summed E-state index contributed by atoms with van der Waals surface area (Å²) in [6.07, 6.45) is -3.27. The van der Waals surface area contributed by atoms with E-state index in [9.17, 15) is 22.8 Å². The summed E-state index contributed by atoms with van der Waals surface area (Å²) in [5.41, 5.74) is 6.51. The quantitative estimate of drug-likeness (QED) is 0.317. The minimum absolute atomic E-state index is 0.0233. The number of nitrogens with zero attached hydrogens (tertiary/aromatic N) is 3. The van der Waals surface area contributed by atoms with E-state index in [1.165, 1.54) is 23.9 Å². The minimum atomic E-state index is -4.58. The molecule has 0 aliphatic carbocycles. The van der Waals surface area contributed by atoms with Crippen LogP contribution in [-0.4, -0.2) is 52.8 Å². The molecule has 3 aromatic carbocycles. The molecule has 2 N–H and O–H groups in total. The lowest BCUT2D eigenvalue weighted by Crippen LogP contribution is -2.48. The molecule has 1 aliphatic heterocycles. The second-order valence-corrected chi connectivity index (χ2v) is 9.69. The highest BCUT2D eigenvalue weighted by Crippen LogP contribution is 2.34. The van der Waals surface area contributed by atoms with Crippen LogP contribution in [0.15, 0.2) is 91.1 Å². The maximum Gasteiger partial charge on any atom is 0.416 e. The van der Waals surface area contributed by atoms with Crippen molar-refractivity contribution in [1.29, 1.82) is 0 Å². The smallest absolute Gasteiger partial charge is 0.416 e. The van der Waals surface area contributed by atoms with Gasteiger partial charge in [0.1, 0.15) is 5.75 Å². The number of amides is 2. The molecule has 1 aliphatic rings. The van der Waals surface area contributed by atoms with Gasteiger partial charge in [0, 0.05) is 61.7 Å². The van der Waals surface area contributed by atoms with E-state index in [2.05, 4.69) is 22.0 Å². The fourth-order valence-electron chi connectivity index (χ4n) is 4.69. The Kier molecular flexibility index (Phi) is 8.02. The van der Waals surface area contributed by atoms with Gasteiger partial charge in [-0.2, -0.15) is 13.2 Å². The van der Waals surface area contributed by atoms with E-state index in [-0.39, 0.29) is 28.5 Å². The number of rotatable bonds is 7. The first kappa shape index (κ1) is 27.9. The average Bonchev–Trinajstić information content (AvgIpc) is 2.98. The third-order valence-corrected chi connectivity index (χ3v) is 6.89. The Morgan fingerprint density at radius 2 is 1.59 bits per heavy atom. The van der Waals surface area contributed by atoms with Crippen molar-refractivity contribution in [2.24, 2.45) is 5.73 Å². The van der Waals surface area contributed by atoms with E-state index >= 15 is 0 Å². The summed E-state index contributed by atoms with van der Waals surface area (Å²) in [7, 11) is 0. The fraction of sp³-hybridized carbons (Fsp3) is 0.194. The summed E-state index contributed by atoms with van der Waals surface area (Å²) >= 11 is 0. The number of hydrogen-bond donors (Lipinski definition) is 1. The molecule has 4 aromatic rings. The molecule has 41 heavy (non-hydrogen) atoms. The van der Waals surface area contributed by atoms with Crippen LogP contribution in [0.1, 0.15) is 31.8 Å². The molecule has 0 spiro atoms. The zero-order chi connectivity index (χ0) is 29.0. The van der Waals surface area contributed by atoms with Gasteiger partial charge >= 0.3 is 6.18 Å². The number of aromatic nitrogens is 1. The van der Waals surface area contributed by atoms with Gasteiger partial charge in [0.2, 0.25) is 11.8 Å². The number of hydrogen-bond acceptors (Lipinski definition) is 5. The number of carbonyl (C=O) groups is 2. The van der Waals surface area contributed by atoms with Crippen molar-refractivity contribution >= 4 is 11.8 Å². The number of alkyl halides is 3. The number of pyridine rings is 1. The highest BCUT2D eigenvalue weighted by molar-refractivity contribution is 6.00. The Hall–Kier alpha value is -4.70.